The van der Waals surface area contributed by atoms with Crippen molar-refractivity contribution in [3.05, 3.63) is 65.2 Å². The number of carbonyl (C=O) groups excluding carboxylic acids is 2. The van der Waals surface area contributed by atoms with Crippen LogP contribution in [-0.2, 0) is 14.3 Å². The predicted molar refractivity (Wildman–Crippen MR) is 100 cm³/mol. The summed E-state index contributed by atoms with van der Waals surface area (Å²) >= 11 is 0. The average Bonchev–Trinajstić information content (AvgIpc) is 3.30. The number of pyridine rings is 1. The highest BCUT2D eigenvalue weighted by Crippen LogP contribution is 2.44. The van der Waals surface area contributed by atoms with Crippen molar-refractivity contribution in [2.75, 3.05) is 11.9 Å². The molecule has 2 aromatic rings. The van der Waals surface area contributed by atoms with Gasteiger partial charge < -0.3 is 14.8 Å². The zero-order chi connectivity index (χ0) is 19.7. The monoisotopic (exact) mass is 382 g/mol. The van der Waals surface area contributed by atoms with Crippen LogP contribution in [-0.4, -0.2) is 35.7 Å². The molecule has 0 spiro atoms. The molecule has 1 fully saturated rings. The Kier molecular flexibility index (Phi) is 4.92. The second-order valence-corrected chi connectivity index (χ2v) is 6.62. The van der Waals surface area contributed by atoms with Crippen molar-refractivity contribution in [3.63, 3.8) is 0 Å². The summed E-state index contributed by atoms with van der Waals surface area (Å²) in [6.07, 6.45) is 4.61. The molecule has 2 bridgehead atoms. The maximum Gasteiger partial charge on any atom is 0.341 e. The van der Waals surface area contributed by atoms with Gasteiger partial charge in [0, 0.05) is 18.1 Å². The van der Waals surface area contributed by atoms with Crippen LogP contribution in [0, 0.1) is 5.82 Å². The van der Waals surface area contributed by atoms with E-state index in [4.69, 9.17) is 9.47 Å². The van der Waals surface area contributed by atoms with Crippen LogP contribution in [0.25, 0.3) is 5.57 Å². The first-order valence-corrected chi connectivity index (χ1v) is 9.16. The highest BCUT2D eigenvalue weighted by Gasteiger charge is 2.43. The van der Waals surface area contributed by atoms with Gasteiger partial charge in [-0.1, -0.05) is 0 Å². The second kappa shape index (κ2) is 7.52. The summed E-state index contributed by atoms with van der Waals surface area (Å²) in [5.41, 5.74) is 2.42. The van der Waals surface area contributed by atoms with Gasteiger partial charge in [-0.3, -0.25) is 9.78 Å². The Hall–Kier alpha value is -3.06. The molecule has 2 aliphatic heterocycles. The highest BCUT2D eigenvalue weighted by atomic mass is 19.1. The summed E-state index contributed by atoms with van der Waals surface area (Å²) in [6.45, 7) is 1.81. The number of ether oxygens (including phenoxy) is 2. The first kappa shape index (κ1) is 18.3. The molecule has 7 heteroatoms. The van der Waals surface area contributed by atoms with Crippen LogP contribution in [0.2, 0.25) is 0 Å². The molecule has 3 heterocycles. The normalized spacial score (nSPS) is 20.4. The van der Waals surface area contributed by atoms with Crippen molar-refractivity contribution < 1.29 is 23.5 Å². The number of hydrogen-bond donors (Lipinski definition) is 1. The fourth-order valence-electron chi connectivity index (χ4n) is 3.72. The number of benzene rings is 1. The number of nitrogens with one attached hydrogen (secondary N) is 1. The zero-order valence-electron chi connectivity index (χ0n) is 15.3. The Bertz CT molecular complexity index is 958. The minimum Gasteiger partial charge on any atom is -0.462 e. The van der Waals surface area contributed by atoms with Crippen molar-refractivity contribution in [1.82, 2.24) is 4.98 Å². The molecule has 1 saturated heterocycles. The smallest absolute Gasteiger partial charge is 0.341 e. The number of halogens is 1. The number of rotatable bonds is 5. The molecule has 0 saturated carbocycles. The number of nitrogens with zero attached hydrogens (tertiary/aromatic N) is 1. The molecule has 144 valence electrons. The van der Waals surface area contributed by atoms with Crippen molar-refractivity contribution >= 4 is 23.1 Å². The van der Waals surface area contributed by atoms with Gasteiger partial charge in [0.05, 0.1) is 30.0 Å². The number of anilines is 1. The maximum absolute atomic E-state index is 14.2. The van der Waals surface area contributed by atoms with Crippen molar-refractivity contribution in [3.8, 4) is 0 Å². The van der Waals surface area contributed by atoms with E-state index < -0.39 is 11.8 Å². The van der Waals surface area contributed by atoms with Crippen molar-refractivity contribution in [2.24, 2.45) is 0 Å². The van der Waals surface area contributed by atoms with Gasteiger partial charge >= 0.3 is 5.97 Å². The van der Waals surface area contributed by atoms with Gasteiger partial charge in [-0.05, 0) is 61.2 Å². The summed E-state index contributed by atoms with van der Waals surface area (Å²) < 4.78 is 25.0. The molecule has 1 aromatic carbocycles. The fraction of sp³-hybridized carbons (Fsp3) is 0.286. The zero-order valence-corrected chi connectivity index (χ0v) is 15.3. The molecule has 0 aliphatic carbocycles. The third-order valence-electron chi connectivity index (χ3n) is 4.91. The van der Waals surface area contributed by atoms with Crippen LogP contribution in [0.15, 0.2) is 48.3 Å². The first-order valence-electron chi connectivity index (χ1n) is 9.16. The molecule has 28 heavy (non-hydrogen) atoms. The SMILES string of the molecule is CCOC(=O)c1ccc(NC(=O)C2=C(c3ccncc3)C3CCC2O3)cc1F. The molecule has 4 rings (SSSR count). The van der Waals surface area contributed by atoms with E-state index in [1.807, 2.05) is 12.1 Å². The number of fused-ring (bicyclic) bond motifs is 2. The number of carbonyl (C=O) groups is 2. The van der Waals surface area contributed by atoms with Crippen LogP contribution in [0.3, 0.4) is 0 Å². The fourth-order valence-corrected chi connectivity index (χ4v) is 3.72. The summed E-state index contributed by atoms with van der Waals surface area (Å²) in [4.78, 5) is 28.7. The molecule has 2 atom stereocenters. The van der Waals surface area contributed by atoms with E-state index in [-0.39, 0.29) is 36.0 Å². The van der Waals surface area contributed by atoms with Gasteiger partial charge in [0.25, 0.3) is 5.91 Å². The Morgan fingerprint density at radius 1 is 1.21 bits per heavy atom. The second-order valence-electron chi connectivity index (χ2n) is 6.62. The van der Waals surface area contributed by atoms with Crippen LogP contribution in [0.4, 0.5) is 10.1 Å². The van der Waals surface area contributed by atoms with Gasteiger partial charge in [0.2, 0.25) is 0 Å². The Labute approximate surface area is 161 Å². The van der Waals surface area contributed by atoms with Gasteiger partial charge in [-0.2, -0.15) is 0 Å². The molecular weight excluding hydrogens is 363 g/mol. The van der Waals surface area contributed by atoms with E-state index in [0.29, 0.717) is 5.57 Å². The van der Waals surface area contributed by atoms with E-state index in [2.05, 4.69) is 10.3 Å². The number of aromatic nitrogens is 1. The number of esters is 1. The average molecular weight is 382 g/mol. The molecule has 2 unspecified atom stereocenters. The maximum atomic E-state index is 14.2. The molecular formula is C21H19FN2O4. The van der Waals surface area contributed by atoms with Crippen LogP contribution < -0.4 is 5.32 Å². The number of hydrogen-bond acceptors (Lipinski definition) is 5. The molecule has 1 amide bonds. The largest absolute Gasteiger partial charge is 0.462 e. The van der Waals surface area contributed by atoms with Crippen LogP contribution >= 0.6 is 0 Å². The van der Waals surface area contributed by atoms with E-state index in [9.17, 15) is 14.0 Å². The minimum absolute atomic E-state index is 0.115. The Morgan fingerprint density at radius 2 is 1.96 bits per heavy atom. The quantitative estimate of drug-likeness (QED) is 0.803. The topological polar surface area (TPSA) is 77.5 Å². The summed E-state index contributed by atoms with van der Waals surface area (Å²) in [5.74, 6) is -1.81. The van der Waals surface area contributed by atoms with Gasteiger partial charge in [0.1, 0.15) is 5.82 Å². The number of amides is 1. The lowest BCUT2D eigenvalue weighted by Gasteiger charge is -2.17. The van der Waals surface area contributed by atoms with E-state index in [1.54, 1.807) is 19.3 Å². The molecule has 0 radical (unpaired) electrons. The lowest BCUT2D eigenvalue weighted by atomic mass is 9.87. The summed E-state index contributed by atoms with van der Waals surface area (Å²) in [5, 5.41) is 2.72. The van der Waals surface area contributed by atoms with Crippen molar-refractivity contribution in [1.29, 1.82) is 0 Å². The van der Waals surface area contributed by atoms with E-state index >= 15 is 0 Å². The molecule has 1 aromatic heterocycles. The minimum atomic E-state index is -0.747. The molecule has 1 N–H and O–H groups in total. The Balaban J connectivity index is 1.60. The lowest BCUT2D eigenvalue weighted by Crippen LogP contribution is -2.23. The van der Waals surface area contributed by atoms with Gasteiger partial charge in [-0.15, -0.1) is 0 Å². The Morgan fingerprint density at radius 3 is 2.68 bits per heavy atom. The van der Waals surface area contributed by atoms with Crippen LogP contribution in [0.1, 0.15) is 35.7 Å². The van der Waals surface area contributed by atoms with E-state index in [1.165, 1.54) is 12.1 Å². The van der Waals surface area contributed by atoms with Gasteiger partial charge in [0.15, 0.2) is 0 Å². The lowest BCUT2D eigenvalue weighted by molar-refractivity contribution is -0.113. The van der Waals surface area contributed by atoms with Gasteiger partial charge in [-0.25, -0.2) is 9.18 Å². The summed E-state index contributed by atoms with van der Waals surface area (Å²) in [7, 11) is 0. The first-order chi connectivity index (χ1) is 13.6. The standard InChI is InChI=1S/C21H19FN2O4/c1-2-27-21(26)14-4-3-13(11-15(14)22)24-20(25)19-17-6-5-16(28-17)18(19)12-7-9-23-10-8-12/h3-4,7-11,16-17H,2,5-6H2,1H3,(H,24,25). The van der Waals surface area contributed by atoms with Crippen LogP contribution in [0.5, 0.6) is 0 Å². The highest BCUT2D eigenvalue weighted by molar-refractivity contribution is 6.11. The van der Waals surface area contributed by atoms with Crippen molar-refractivity contribution in [2.45, 2.75) is 32.0 Å². The third kappa shape index (κ3) is 3.29. The molecule has 2 aliphatic rings. The predicted octanol–water partition coefficient (Wildman–Crippen LogP) is 3.35. The molecule has 6 nitrogen and oxygen atoms in total. The summed E-state index contributed by atoms with van der Waals surface area (Å²) in [6, 6.07) is 7.60. The third-order valence-corrected chi connectivity index (χ3v) is 4.91. The van der Waals surface area contributed by atoms with E-state index in [0.717, 1.165) is 30.0 Å².